The summed E-state index contributed by atoms with van der Waals surface area (Å²) in [5.74, 6) is -4.19. The van der Waals surface area contributed by atoms with Crippen LogP contribution in [-0.4, -0.2) is 28.7 Å². The Kier molecular flexibility index (Phi) is 4.96. The molecule has 4 aromatic carbocycles. The van der Waals surface area contributed by atoms with Crippen molar-refractivity contribution in [2.45, 2.75) is 17.6 Å². The minimum Gasteiger partial charge on any atom is -0.348 e. The molecule has 2 aliphatic carbocycles. The van der Waals surface area contributed by atoms with Gasteiger partial charge in [0.2, 0.25) is 17.2 Å². The molecule has 0 aromatic heterocycles. The summed E-state index contributed by atoms with van der Waals surface area (Å²) in [5, 5.41) is 0.399. The van der Waals surface area contributed by atoms with Crippen LogP contribution in [0.25, 0.3) is 0 Å². The van der Waals surface area contributed by atoms with E-state index in [9.17, 15) is 23.6 Å². The Labute approximate surface area is 227 Å². The van der Waals surface area contributed by atoms with E-state index in [2.05, 4.69) is 0 Å². The molecule has 0 saturated carbocycles. The lowest BCUT2D eigenvalue weighted by Gasteiger charge is -2.34. The van der Waals surface area contributed by atoms with E-state index in [0.29, 0.717) is 16.1 Å². The normalized spacial score (nSPS) is 22.1. The molecule has 0 amide bonds. The van der Waals surface area contributed by atoms with Gasteiger partial charge in [0.25, 0.3) is 0 Å². The molecule has 4 aromatic rings. The van der Waals surface area contributed by atoms with Crippen molar-refractivity contribution in [3.05, 3.63) is 141 Å². The summed E-state index contributed by atoms with van der Waals surface area (Å²) in [6.07, 6.45) is -1.35. The highest BCUT2D eigenvalue weighted by atomic mass is 35.5. The third-order valence-corrected chi connectivity index (χ3v) is 8.47. The number of carbonyl (C=O) groups is 4. The molecule has 39 heavy (non-hydrogen) atoms. The summed E-state index contributed by atoms with van der Waals surface area (Å²) in [6, 6.07) is 24.4. The van der Waals surface area contributed by atoms with E-state index in [4.69, 9.17) is 16.3 Å². The minimum atomic E-state index is -2.20. The van der Waals surface area contributed by atoms with Crippen LogP contribution in [0.4, 0.5) is 4.39 Å². The highest BCUT2D eigenvalue weighted by Crippen LogP contribution is 2.67. The van der Waals surface area contributed by atoms with Gasteiger partial charge >= 0.3 is 0 Å². The average molecular weight is 537 g/mol. The number of Topliss-reactive ketones (excluding diaryl/α,β-unsaturated/α-hetero) is 4. The largest absolute Gasteiger partial charge is 0.348 e. The topological polar surface area (TPSA) is 77.5 Å². The second-order valence-corrected chi connectivity index (χ2v) is 10.5. The third-order valence-electron chi connectivity index (χ3n) is 8.21. The Balaban J connectivity index is 1.59. The molecule has 1 aliphatic heterocycles. The van der Waals surface area contributed by atoms with Gasteiger partial charge in [0, 0.05) is 27.3 Å². The van der Waals surface area contributed by atoms with Crippen LogP contribution in [0.5, 0.6) is 0 Å². The molecule has 3 aliphatic rings. The van der Waals surface area contributed by atoms with Gasteiger partial charge in [-0.15, -0.1) is 0 Å². The van der Waals surface area contributed by atoms with E-state index in [0.717, 1.165) is 0 Å². The van der Waals surface area contributed by atoms with Gasteiger partial charge in [-0.05, 0) is 35.4 Å². The molecular formula is C32H18ClFO5. The lowest BCUT2D eigenvalue weighted by molar-refractivity contribution is -0.0210. The van der Waals surface area contributed by atoms with Crippen LogP contribution < -0.4 is 0 Å². The standard InChI is InChI=1S/C32H18ClFO5/c33-19-13-9-17(10-14-19)25-31(26(35)21-5-1-2-6-22(21)27(31)36)30(18-11-15-20(34)16-12-18)39-32(25)28(37)23-7-3-4-8-24(23)29(32)38/h1-16,25,30H. The number of halogens is 2. The number of hydrogen-bond donors (Lipinski definition) is 0. The number of ketones is 4. The Hall–Kier alpha value is -4.26. The highest BCUT2D eigenvalue weighted by molar-refractivity contribution is 6.37. The Bertz CT molecular complexity index is 1670. The van der Waals surface area contributed by atoms with Gasteiger partial charge in [-0.2, -0.15) is 0 Å². The molecule has 2 spiro atoms. The maximum Gasteiger partial charge on any atom is 0.204 e. The fourth-order valence-corrected chi connectivity index (χ4v) is 6.75. The Morgan fingerprint density at radius 3 is 1.51 bits per heavy atom. The van der Waals surface area contributed by atoms with Crippen LogP contribution in [-0.2, 0) is 4.74 Å². The van der Waals surface area contributed by atoms with Crippen molar-refractivity contribution < 1.29 is 28.3 Å². The Morgan fingerprint density at radius 2 is 1.03 bits per heavy atom. The van der Waals surface area contributed by atoms with Crippen molar-refractivity contribution in [3.63, 3.8) is 0 Å². The summed E-state index contributed by atoms with van der Waals surface area (Å²) in [4.78, 5) is 57.6. The third kappa shape index (κ3) is 2.87. The van der Waals surface area contributed by atoms with Crippen molar-refractivity contribution in [2.24, 2.45) is 5.41 Å². The SMILES string of the molecule is O=C1c2ccccc2C(=O)C12OC(c1ccc(F)cc1)C1(C(=O)c3ccccc3C1=O)C2c1ccc(Cl)cc1. The van der Waals surface area contributed by atoms with Gasteiger partial charge in [-0.3, -0.25) is 19.2 Å². The molecule has 7 rings (SSSR count). The van der Waals surface area contributed by atoms with E-state index in [1.165, 1.54) is 36.4 Å². The van der Waals surface area contributed by atoms with Gasteiger partial charge in [0.1, 0.15) is 17.3 Å². The second-order valence-electron chi connectivity index (χ2n) is 10.0. The molecule has 2 unspecified atom stereocenters. The number of rotatable bonds is 2. The van der Waals surface area contributed by atoms with Crippen LogP contribution >= 0.6 is 11.6 Å². The molecule has 0 bridgehead atoms. The predicted octanol–water partition coefficient (Wildman–Crippen LogP) is 6.22. The molecule has 190 valence electrons. The lowest BCUT2D eigenvalue weighted by Crippen LogP contribution is -2.51. The van der Waals surface area contributed by atoms with E-state index < -0.39 is 52.0 Å². The number of ether oxygens (including phenoxy) is 1. The molecule has 7 heteroatoms. The molecule has 1 fully saturated rings. The van der Waals surface area contributed by atoms with Gasteiger partial charge < -0.3 is 4.74 Å². The fraction of sp³-hybridized carbons (Fsp3) is 0.125. The zero-order valence-corrected chi connectivity index (χ0v) is 20.9. The first-order valence-electron chi connectivity index (χ1n) is 12.4. The highest BCUT2D eigenvalue weighted by Gasteiger charge is 2.79. The maximum atomic E-state index is 14.5. The predicted molar refractivity (Wildman–Crippen MR) is 140 cm³/mol. The van der Waals surface area contributed by atoms with Crippen molar-refractivity contribution in [1.29, 1.82) is 0 Å². The smallest absolute Gasteiger partial charge is 0.204 e. The van der Waals surface area contributed by atoms with E-state index in [-0.39, 0.29) is 22.3 Å². The van der Waals surface area contributed by atoms with Gasteiger partial charge in [0.15, 0.2) is 11.6 Å². The molecule has 1 saturated heterocycles. The molecule has 5 nitrogen and oxygen atoms in total. The first kappa shape index (κ1) is 23.8. The minimum absolute atomic E-state index is 0.159. The van der Waals surface area contributed by atoms with Crippen LogP contribution in [0, 0.1) is 11.2 Å². The zero-order chi connectivity index (χ0) is 27.1. The summed E-state index contributed by atoms with van der Waals surface area (Å²) >= 11 is 6.19. The molecule has 0 N–H and O–H groups in total. The molecule has 2 atom stereocenters. The first-order chi connectivity index (χ1) is 18.8. The summed E-state index contributed by atoms with van der Waals surface area (Å²) in [5.41, 5.74) is -2.84. The van der Waals surface area contributed by atoms with Gasteiger partial charge in [0.05, 0.1) is 5.92 Å². The summed E-state index contributed by atoms with van der Waals surface area (Å²) < 4.78 is 20.5. The monoisotopic (exact) mass is 536 g/mol. The maximum absolute atomic E-state index is 14.5. The molecular weight excluding hydrogens is 519 g/mol. The quantitative estimate of drug-likeness (QED) is 0.284. The second kappa shape index (κ2) is 8.12. The average Bonchev–Trinajstić information content (AvgIpc) is 3.48. The van der Waals surface area contributed by atoms with Crippen molar-refractivity contribution in [3.8, 4) is 0 Å². The Morgan fingerprint density at radius 1 is 0.590 bits per heavy atom. The number of fused-ring (bicyclic) bond motifs is 2. The van der Waals surface area contributed by atoms with Crippen molar-refractivity contribution in [2.75, 3.05) is 0 Å². The number of benzene rings is 4. The van der Waals surface area contributed by atoms with E-state index >= 15 is 0 Å². The van der Waals surface area contributed by atoms with Crippen LogP contribution in [0.2, 0.25) is 5.02 Å². The lowest BCUT2D eigenvalue weighted by atomic mass is 9.60. The zero-order valence-electron chi connectivity index (χ0n) is 20.2. The van der Waals surface area contributed by atoms with E-state index in [1.54, 1.807) is 60.7 Å². The number of hydrogen-bond acceptors (Lipinski definition) is 5. The van der Waals surface area contributed by atoms with Crippen LogP contribution in [0.1, 0.15) is 64.6 Å². The first-order valence-corrected chi connectivity index (χ1v) is 12.8. The summed E-state index contributed by atoms with van der Waals surface area (Å²) in [6.45, 7) is 0. The van der Waals surface area contributed by atoms with Crippen LogP contribution in [0.3, 0.4) is 0 Å². The van der Waals surface area contributed by atoms with Crippen LogP contribution in [0.15, 0.2) is 97.1 Å². The van der Waals surface area contributed by atoms with Crippen molar-refractivity contribution in [1.82, 2.24) is 0 Å². The molecule has 1 heterocycles. The van der Waals surface area contributed by atoms with Gasteiger partial charge in [-0.1, -0.05) is 84.4 Å². The van der Waals surface area contributed by atoms with Crippen molar-refractivity contribution >= 4 is 34.7 Å². The summed E-state index contributed by atoms with van der Waals surface area (Å²) in [7, 11) is 0. The van der Waals surface area contributed by atoms with E-state index in [1.807, 2.05) is 0 Å². The molecule has 0 radical (unpaired) electrons. The number of carbonyl (C=O) groups excluding carboxylic acids is 4. The van der Waals surface area contributed by atoms with Gasteiger partial charge in [-0.25, -0.2) is 4.39 Å². The fourth-order valence-electron chi connectivity index (χ4n) is 6.62.